The summed E-state index contributed by atoms with van der Waals surface area (Å²) < 4.78 is 5.19. The standard InChI is InChI=1S/C20H26N4O5/c1-12-11-16(25)24(23-12)14-7-5-13(6-8-14)19(28)22-15(18(21)27)9-10-17(26)29-20(2,3)4/h5-8,15H,9-11H2,1-4H3,(H2,21,27)(H,22,28). The van der Waals surface area contributed by atoms with Gasteiger partial charge in [0, 0.05) is 17.7 Å². The van der Waals surface area contributed by atoms with E-state index >= 15 is 0 Å². The van der Waals surface area contributed by atoms with Gasteiger partial charge in [0.25, 0.3) is 11.8 Å². The van der Waals surface area contributed by atoms with E-state index in [1.807, 2.05) is 0 Å². The first kappa shape index (κ1) is 22.1. The van der Waals surface area contributed by atoms with Gasteiger partial charge in [-0.2, -0.15) is 5.10 Å². The first-order valence-electron chi connectivity index (χ1n) is 9.25. The second-order valence-electron chi connectivity index (χ2n) is 7.82. The number of anilines is 1. The monoisotopic (exact) mass is 402 g/mol. The summed E-state index contributed by atoms with van der Waals surface area (Å²) in [6.07, 6.45) is 0.239. The molecule has 0 bridgehead atoms. The number of hydrazone groups is 1. The summed E-state index contributed by atoms with van der Waals surface area (Å²) in [6, 6.07) is 5.21. The van der Waals surface area contributed by atoms with E-state index in [1.165, 1.54) is 17.1 Å². The highest BCUT2D eigenvalue weighted by molar-refractivity contribution is 6.12. The van der Waals surface area contributed by atoms with Gasteiger partial charge in [-0.05, 0) is 58.4 Å². The molecular formula is C20H26N4O5. The normalized spacial score (nSPS) is 15.0. The number of amides is 3. The lowest BCUT2D eigenvalue weighted by Gasteiger charge is -2.20. The smallest absolute Gasteiger partial charge is 0.306 e. The molecule has 0 radical (unpaired) electrons. The molecule has 156 valence electrons. The van der Waals surface area contributed by atoms with E-state index in [2.05, 4.69) is 10.4 Å². The lowest BCUT2D eigenvalue weighted by Crippen LogP contribution is -2.44. The Morgan fingerprint density at radius 2 is 1.86 bits per heavy atom. The van der Waals surface area contributed by atoms with Crippen LogP contribution in [0.15, 0.2) is 29.4 Å². The van der Waals surface area contributed by atoms with Gasteiger partial charge in [0.05, 0.1) is 12.1 Å². The van der Waals surface area contributed by atoms with Crippen molar-refractivity contribution in [2.24, 2.45) is 10.8 Å². The van der Waals surface area contributed by atoms with E-state index in [4.69, 9.17) is 10.5 Å². The molecule has 3 N–H and O–H groups in total. The molecule has 3 amide bonds. The SMILES string of the molecule is CC1=NN(c2ccc(C(=O)NC(CCC(=O)OC(C)(C)C)C(N)=O)cc2)C(=O)C1. The summed E-state index contributed by atoms with van der Waals surface area (Å²) in [5, 5.41) is 7.96. The molecular weight excluding hydrogens is 376 g/mol. The summed E-state index contributed by atoms with van der Waals surface area (Å²) in [4.78, 5) is 47.8. The number of carbonyl (C=O) groups is 4. The van der Waals surface area contributed by atoms with Crippen molar-refractivity contribution in [3.05, 3.63) is 29.8 Å². The van der Waals surface area contributed by atoms with Crippen LogP contribution < -0.4 is 16.1 Å². The number of ether oxygens (including phenoxy) is 1. The van der Waals surface area contributed by atoms with E-state index < -0.39 is 29.4 Å². The number of esters is 1. The largest absolute Gasteiger partial charge is 0.460 e. The van der Waals surface area contributed by atoms with E-state index in [1.54, 1.807) is 39.8 Å². The van der Waals surface area contributed by atoms with Gasteiger partial charge in [0.1, 0.15) is 11.6 Å². The molecule has 0 saturated heterocycles. The van der Waals surface area contributed by atoms with Gasteiger partial charge in [-0.1, -0.05) is 0 Å². The number of nitrogens with zero attached hydrogens (tertiary/aromatic N) is 2. The summed E-state index contributed by atoms with van der Waals surface area (Å²) in [5.41, 5.74) is 6.25. The van der Waals surface area contributed by atoms with Gasteiger partial charge >= 0.3 is 5.97 Å². The van der Waals surface area contributed by atoms with Gasteiger partial charge < -0.3 is 15.8 Å². The van der Waals surface area contributed by atoms with Gasteiger partial charge in [0.2, 0.25) is 5.91 Å². The third kappa shape index (κ3) is 6.41. The number of rotatable bonds is 7. The minimum atomic E-state index is -1.01. The van der Waals surface area contributed by atoms with Crippen molar-refractivity contribution in [1.29, 1.82) is 0 Å². The number of carbonyl (C=O) groups excluding carboxylic acids is 4. The Morgan fingerprint density at radius 3 is 2.34 bits per heavy atom. The fraction of sp³-hybridized carbons (Fsp3) is 0.450. The van der Waals surface area contributed by atoms with Crippen molar-refractivity contribution in [2.45, 2.75) is 58.6 Å². The molecule has 1 aromatic carbocycles. The van der Waals surface area contributed by atoms with Crippen molar-refractivity contribution in [3.63, 3.8) is 0 Å². The zero-order valence-electron chi connectivity index (χ0n) is 17.0. The van der Waals surface area contributed by atoms with Crippen LogP contribution in [0, 0.1) is 0 Å². The number of nitrogens with two attached hydrogens (primary N) is 1. The zero-order valence-corrected chi connectivity index (χ0v) is 17.0. The van der Waals surface area contributed by atoms with E-state index in [-0.39, 0.29) is 30.7 Å². The van der Waals surface area contributed by atoms with Crippen molar-refractivity contribution in [2.75, 3.05) is 5.01 Å². The maximum atomic E-state index is 12.4. The van der Waals surface area contributed by atoms with Crippen molar-refractivity contribution in [3.8, 4) is 0 Å². The predicted molar refractivity (Wildman–Crippen MR) is 107 cm³/mol. The van der Waals surface area contributed by atoms with E-state index in [0.717, 1.165) is 0 Å². The van der Waals surface area contributed by atoms with Crippen LogP contribution in [0.25, 0.3) is 0 Å². The van der Waals surface area contributed by atoms with Crippen LogP contribution in [0.2, 0.25) is 0 Å². The van der Waals surface area contributed by atoms with E-state index in [9.17, 15) is 19.2 Å². The Labute approximate surface area is 169 Å². The molecule has 9 heteroatoms. The highest BCUT2D eigenvalue weighted by atomic mass is 16.6. The second kappa shape index (κ2) is 8.85. The molecule has 1 atom stereocenters. The molecule has 9 nitrogen and oxygen atoms in total. The minimum Gasteiger partial charge on any atom is -0.460 e. The van der Waals surface area contributed by atoms with Gasteiger partial charge in [-0.15, -0.1) is 0 Å². The molecule has 0 aliphatic carbocycles. The average molecular weight is 402 g/mol. The van der Waals surface area contributed by atoms with Crippen LogP contribution in [0.3, 0.4) is 0 Å². The van der Waals surface area contributed by atoms with Crippen molar-refractivity contribution in [1.82, 2.24) is 5.32 Å². The number of nitrogens with one attached hydrogen (secondary N) is 1. The van der Waals surface area contributed by atoms with Crippen molar-refractivity contribution < 1.29 is 23.9 Å². The molecule has 1 aliphatic heterocycles. The molecule has 2 rings (SSSR count). The molecule has 0 aromatic heterocycles. The topological polar surface area (TPSA) is 131 Å². The summed E-state index contributed by atoms with van der Waals surface area (Å²) in [6.45, 7) is 6.99. The Bertz CT molecular complexity index is 839. The first-order chi connectivity index (χ1) is 13.5. The Balaban J connectivity index is 1.98. The molecule has 29 heavy (non-hydrogen) atoms. The molecule has 1 unspecified atom stereocenters. The maximum absolute atomic E-state index is 12.4. The first-order valence-corrected chi connectivity index (χ1v) is 9.25. The lowest BCUT2D eigenvalue weighted by molar-refractivity contribution is -0.155. The molecule has 0 fully saturated rings. The number of benzene rings is 1. The molecule has 0 saturated carbocycles. The van der Waals surface area contributed by atoms with Crippen molar-refractivity contribution >= 4 is 35.1 Å². The molecule has 0 spiro atoms. The Morgan fingerprint density at radius 1 is 1.24 bits per heavy atom. The summed E-state index contributed by atoms with van der Waals surface area (Å²) in [5.74, 6) is -1.88. The third-order valence-electron chi connectivity index (χ3n) is 3.99. The summed E-state index contributed by atoms with van der Waals surface area (Å²) in [7, 11) is 0. The third-order valence-corrected chi connectivity index (χ3v) is 3.99. The zero-order chi connectivity index (χ0) is 21.8. The van der Waals surface area contributed by atoms with Crippen LogP contribution in [-0.2, 0) is 19.1 Å². The fourth-order valence-electron chi connectivity index (χ4n) is 2.69. The van der Waals surface area contributed by atoms with Crippen LogP contribution in [0.5, 0.6) is 0 Å². The van der Waals surface area contributed by atoms with Crippen LogP contribution in [0.4, 0.5) is 5.69 Å². The summed E-state index contributed by atoms with van der Waals surface area (Å²) >= 11 is 0. The Hall–Kier alpha value is -3.23. The van der Waals surface area contributed by atoms with Gasteiger partial charge in [-0.3, -0.25) is 19.2 Å². The van der Waals surface area contributed by atoms with Gasteiger partial charge in [-0.25, -0.2) is 5.01 Å². The highest BCUT2D eigenvalue weighted by Gasteiger charge is 2.24. The van der Waals surface area contributed by atoms with Crippen LogP contribution >= 0.6 is 0 Å². The fourth-order valence-corrected chi connectivity index (χ4v) is 2.69. The van der Waals surface area contributed by atoms with Crippen LogP contribution in [-0.4, -0.2) is 41.0 Å². The maximum Gasteiger partial charge on any atom is 0.306 e. The quantitative estimate of drug-likeness (QED) is 0.667. The van der Waals surface area contributed by atoms with E-state index in [0.29, 0.717) is 11.4 Å². The second-order valence-corrected chi connectivity index (χ2v) is 7.82. The Kier molecular flexibility index (Phi) is 6.73. The number of hydrogen-bond acceptors (Lipinski definition) is 6. The lowest BCUT2D eigenvalue weighted by atomic mass is 10.1. The highest BCUT2D eigenvalue weighted by Crippen LogP contribution is 2.21. The number of hydrogen-bond donors (Lipinski definition) is 2. The van der Waals surface area contributed by atoms with Crippen LogP contribution in [0.1, 0.15) is 57.3 Å². The molecule has 1 aliphatic rings. The minimum absolute atomic E-state index is 0.0321. The molecule has 1 aromatic rings. The predicted octanol–water partition coefficient (Wildman–Crippen LogP) is 1.50. The van der Waals surface area contributed by atoms with Gasteiger partial charge in [0.15, 0.2) is 0 Å². The average Bonchev–Trinajstić information content (AvgIpc) is 2.95. The molecule has 1 heterocycles. The number of primary amides is 1.